The molecule has 1 amide bonds. The average molecular weight is 324 g/mol. The van der Waals surface area contributed by atoms with Crippen molar-refractivity contribution in [3.05, 3.63) is 35.2 Å². The van der Waals surface area contributed by atoms with Gasteiger partial charge in [-0.25, -0.2) is 0 Å². The van der Waals surface area contributed by atoms with Crippen molar-refractivity contribution in [3.63, 3.8) is 0 Å². The van der Waals surface area contributed by atoms with E-state index in [0.717, 1.165) is 12.8 Å². The second-order valence-electron chi connectivity index (χ2n) is 4.94. The van der Waals surface area contributed by atoms with Crippen molar-refractivity contribution in [1.29, 1.82) is 0 Å². The fourth-order valence-corrected chi connectivity index (χ4v) is 2.66. The minimum atomic E-state index is -0.337. The van der Waals surface area contributed by atoms with Gasteiger partial charge in [0, 0.05) is 16.6 Å². The maximum Gasteiger partial charge on any atom is 0.277 e. The molecule has 1 aromatic heterocycles. The molecule has 7 heteroatoms. The van der Waals surface area contributed by atoms with Gasteiger partial charge < -0.3 is 9.73 Å². The summed E-state index contributed by atoms with van der Waals surface area (Å²) in [7, 11) is 0. The average Bonchev–Trinajstić information content (AvgIpc) is 3.19. The summed E-state index contributed by atoms with van der Waals surface area (Å²) in [6.45, 7) is 1.80. The number of amides is 1. The number of halogens is 1. The van der Waals surface area contributed by atoms with Crippen molar-refractivity contribution in [3.8, 4) is 0 Å². The van der Waals surface area contributed by atoms with Crippen LogP contribution in [0.15, 0.2) is 33.9 Å². The second kappa shape index (κ2) is 6.07. The van der Waals surface area contributed by atoms with Crippen LogP contribution in [0.5, 0.6) is 0 Å². The smallest absolute Gasteiger partial charge is 0.277 e. The number of thioether (sulfide) groups is 1. The summed E-state index contributed by atoms with van der Waals surface area (Å²) in [4.78, 5) is 12.1. The topological polar surface area (TPSA) is 68.0 Å². The van der Waals surface area contributed by atoms with Crippen LogP contribution < -0.4 is 5.32 Å². The van der Waals surface area contributed by atoms with Crippen molar-refractivity contribution >= 4 is 35.0 Å². The molecule has 110 valence electrons. The van der Waals surface area contributed by atoms with Gasteiger partial charge in [0.25, 0.3) is 5.22 Å². The molecule has 1 fully saturated rings. The molecule has 0 bridgehead atoms. The van der Waals surface area contributed by atoms with Gasteiger partial charge in [0.1, 0.15) is 0 Å². The Labute approximate surface area is 131 Å². The van der Waals surface area contributed by atoms with Gasteiger partial charge >= 0.3 is 0 Å². The molecular formula is C14H14ClN3O2S. The van der Waals surface area contributed by atoms with Gasteiger partial charge in [-0.1, -0.05) is 29.4 Å². The van der Waals surface area contributed by atoms with Crippen LogP contribution in [0.4, 0.5) is 5.69 Å². The molecule has 1 aliphatic rings. The predicted octanol–water partition coefficient (Wildman–Crippen LogP) is 3.72. The molecule has 2 aromatic rings. The SMILES string of the molecule is C[C@H](Sc1nnc(C2CC2)o1)C(=O)Nc1cccc(Cl)c1. The Morgan fingerprint density at radius 1 is 1.48 bits per heavy atom. The highest BCUT2D eigenvalue weighted by molar-refractivity contribution is 8.00. The fraction of sp³-hybridized carbons (Fsp3) is 0.357. The van der Waals surface area contributed by atoms with Gasteiger partial charge in [-0.3, -0.25) is 4.79 Å². The number of nitrogens with one attached hydrogen (secondary N) is 1. The van der Waals surface area contributed by atoms with Crippen molar-refractivity contribution < 1.29 is 9.21 Å². The standard InChI is InChI=1S/C14H14ClN3O2S/c1-8(12(19)16-11-4-2-3-10(15)7-11)21-14-18-17-13(20-14)9-5-6-9/h2-4,7-9H,5-6H2,1H3,(H,16,19)/t8-/m0/s1. The van der Waals surface area contributed by atoms with E-state index < -0.39 is 0 Å². The van der Waals surface area contributed by atoms with Gasteiger partial charge in [-0.2, -0.15) is 0 Å². The Morgan fingerprint density at radius 3 is 3.00 bits per heavy atom. The van der Waals surface area contributed by atoms with Crippen LogP contribution in [0, 0.1) is 0 Å². The number of hydrogen-bond donors (Lipinski definition) is 1. The first kappa shape index (κ1) is 14.4. The molecule has 3 rings (SSSR count). The van der Waals surface area contributed by atoms with E-state index in [1.807, 2.05) is 0 Å². The minimum Gasteiger partial charge on any atom is -0.416 e. The molecule has 1 N–H and O–H groups in total. The number of anilines is 1. The number of nitrogens with zero attached hydrogens (tertiary/aromatic N) is 2. The predicted molar refractivity (Wildman–Crippen MR) is 81.7 cm³/mol. The van der Waals surface area contributed by atoms with Crippen molar-refractivity contribution in [2.75, 3.05) is 5.32 Å². The van der Waals surface area contributed by atoms with E-state index in [2.05, 4.69) is 15.5 Å². The van der Waals surface area contributed by atoms with Gasteiger partial charge in [0.05, 0.1) is 5.25 Å². The first-order valence-corrected chi connectivity index (χ1v) is 7.94. The van der Waals surface area contributed by atoms with E-state index in [1.54, 1.807) is 31.2 Å². The van der Waals surface area contributed by atoms with E-state index in [9.17, 15) is 4.79 Å². The summed E-state index contributed by atoms with van der Waals surface area (Å²) in [5.41, 5.74) is 0.671. The lowest BCUT2D eigenvalue weighted by Gasteiger charge is -2.09. The van der Waals surface area contributed by atoms with Gasteiger partial charge in [-0.05, 0) is 38.0 Å². The second-order valence-corrected chi connectivity index (χ2v) is 6.67. The summed E-state index contributed by atoms with van der Waals surface area (Å²) < 4.78 is 5.54. The zero-order chi connectivity index (χ0) is 14.8. The Hall–Kier alpha value is -1.53. The van der Waals surface area contributed by atoms with E-state index in [0.29, 0.717) is 27.7 Å². The molecule has 5 nitrogen and oxygen atoms in total. The molecule has 1 heterocycles. The fourth-order valence-electron chi connectivity index (χ4n) is 1.78. The molecule has 1 atom stereocenters. The molecule has 0 spiro atoms. The van der Waals surface area contributed by atoms with Gasteiger partial charge in [0.2, 0.25) is 11.8 Å². The monoisotopic (exact) mass is 323 g/mol. The lowest BCUT2D eigenvalue weighted by molar-refractivity contribution is -0.115. The van der Waals surface area contributed by atoms with Crippen LogP contribution in [-0.2, 0) is 4.79 Å². The third-order valence-corrected chi connectivity index (χ3v) is 4.26. The molecule has 1 saturated carbocycles. The van der Waals surface area contributed by atoms with Gasteiger partial charge in [-0.15, -0.1) is 10.2 Å². The molecule has 0 saturated heterocycles. The van der Waals surface area contributed by atoms with E-state index in [-0.39, 0.29) is 11.2 Å². The largest absolute Gasteiger partial charge is 0.416 e. The molecule has 0 unspecified atom stereocenters. The van der Waals surface area contributed by atoms with Crippen LogP contribution in [0.2, 0.25) is 5.02 Å². The van der Waals surface area contributed by atoms with Crippen molar-refractivity contribution in [2.45, 2.75) is 36.2 Å². The molecule has 21 heavy (non-hydrogen) atoms. The Bertz CT molecular complexity index is 657. The summed E-state index contributed by atoms with van der Waals surface area (Å²) in [5, 5.41) is 11.5. The van der Waals surface area contributed by atoms with Crippen molar-refractivity contribution in [2.24, 2.45) is 0 Å². The first-order chi connectivity index (χ1) is 10.1. The third kappa shape index (κ3) is 3.77. The Balaban J connectivity index is 1.58. The first-order valence-electron chi connectivity index (χ1n) is 6.68. The highest BCUT2D eigenvalue weighted by Gasteiger charge is 2.30. The maximum absolute atomic E-state index is 12.1. The Morgan fingerprint density at radius 2 is 2.29 bits per heavy atom. The van der Waals surface area contributed by atoms with E-state index in [1.165, 1.54) is 11.8 Å². The molecule has 0 radical (unpaired) electrons. The Kier molecular flexibility index (Phi) is 4.17. The number of aromatic nitrogens is 2. The minimum absolute atomic E-state index is 0.131. The highest BCUT2D eigenvalue weighted by Crippen LogP contribution is 2.40. The molecule has 1 aliphatic carbocycles. The van der Waals surface area contributed by atoms with Crippen LogP contribution in [-0.4, -0.2) is 21.4 Å². The quantitative estimate of drug-likeness (QED) is 0.849. The van der Waals surface area contributed by atoms with Gasteiger partial charge in [0.15, 0.2) is 0 Å². The zero-order valence-electron chi connectivity index (χ0n) is 11.4. The number of rotatable bonds is 5. The van der Waals surface area contributed by atoms with Crippen LogP contribution >= 0.6 is 23.4 Å². The molecular weight excluding hydrogens is 310 g/mol. The lowest BCUT2D eigenvalue weighted by Crippen LogP contribution is -2.22. The number of hydrogen-bond acceptors (Lipinski definition) is 5. The molecule has 0 aliphatic heterocycles. The maximum atomic E-state index is 12.1. The van der Waals surface area contributed by atoms with Crippen LogP contribution in [0.3, 0.4) is 0 Å². The normalized spacial score (nSPS) is 15.7. The van der Waals surface area contributed by atoms with Crippen LogP contribution in [0.1, 0.15) is 31.6 Å². The van der Waals surface area contributed by atoms with E-state index in [4.69, 9.17) is 16.0 Å². The number of carbonyl (C=O) groups is 1. The molecule has 1 aromatic carbocycles. The van der Waals surface area contributed by atoms with E-state index >= 15 is 0 Å². The van der Waals surface area contributed by atoms with Crippen molar-refractivity contribution in [1.82, 2.24) is 10.2 Å². The highest BCUT2D eigenvalue weighted by atomic mass is 35.5. The van der Waals surface area contributed by atoms with Crippen LogP contribution in [0.25, 0.3) is 0 Å². The summed E-state index contributed by atoms with van der Waals surface area (Å²) in [6, 6.07) is 7.04. The summed E-state index contributed by atoms with van der Waals surface area (Å²) in [5.74, 6) is 0.968. The summed E-state index contributed by atoms with van der Waals surface area (Å²) in [6.07, 6.45) is 2.22. The number of carbonyl (C=O) groups excluding carboxylic acids is 1. The third-order valence-electron chi connectivity index (χ3n) is 3.09. The summed E-state index contributed by atoms with van der Waals surface area (Å²) >= 11 is 7.14. The zero-order valence-corrected chi connectivity index (χ0v) is 12.9. The number of benzene rings is 1. The lowest BCUT2D eigenvalue weighted by atomic mass is 10.3.